The number of hydrogen-bond donors (Lipinski definition) is 0. The molecule has 0 saturated heterocycles. The standard InChI is InChI=1S/C12H15N3O/c1-4-11-13-9(8-16)12-10(14(2)3)6-5-7-15(11)12/h5-8H,4H2,1-3H3. The molecule has 0 saturated carbocycles. The maximum atomic E-state index is 11.0. The maximum Gasteiger partial charge on any atom is 0.170 e. The minimum Gasteiger partial charge on any atom is -0.376 e. The average molecular weight is 217 g/mol. The van der Waals surface area contributed by atoms with Gasteiger partial charge in [0.25, 0.3) is 0 Å². The van der Waals surface area contributed by atoms with E-state index in [0.717, 1.165) is 29.7 Å². The van der Waals surface area contributed by atoms with Crippen molar-refractivity contribution in [2.24, 2.45) is 0 Å². The lowest BCUT2D eigenvalue weighted by molar-refractivity contribution is 0.112. The Kier molecular flexibility index (Phi) is 2.64. The molecule has 0 amide bonds. The van der Waals surface area contributed by atoms with Gasteiger partial charge in [0, 0.05) is 26.7 Å². The summed E-state index contributed by atoms with van der Waals surface area (Å²) in [5.74, 6) is 0.917. The number of rotatable bonds is 3. The zero-order chi connectivity index (χ0) is 11.7. The van der Waals surface area contributed by atoms with Crippen molar-refractivity contribution < 1.29 is 4.79 Å². The van der Waals surface area contributed by atoms with Gasteiger partial charge in [-0.3, -0.25) is 4.79 Å². The summed E-state index contributed by atoms with van der Waals surface area (Å²) in [7, 11) is 3.92. The van der Waals surface area contributed by atoms with Gasteiger partial charge in [-0.2, -0.15) is 0 Å². The number of aromatic nitrogens is 2. The van der Waals surface area contributed by atoms with E-state index in [0.29, 0.717) is 5.69 Å². The lowest BCUT2D eigenvalue weighted by Gasteiger charge is -2.14. The van der Waals surface area contributed by atoms with Gasteiger partial charge in [0.05, 0.1) is 11.2 Å². The highest BCUT2D eigenvalue weighted by Crippen LogP contribution is 2.23. The van der Waals surface area contributed by atoms with Crippen LogP contribution in [0, 0.1) is 0 Å². The number of carbonyl (C=O) groups excluding carboxylic acids is 1. The molecule has 0 unspecified atom stereocenters. The summed E-state index contributed by atoms with van der Waals surface area (Å²) in [4.78, 5) is 17.4. The molecule has 0 atom stereocenters. The Bertz CT molecular complexity index is 528. The Morgan fingerprint density at radius 2 is 2.25 bits per heavy atom. The van der Waals surface area contributed by atoms with Crippen molar-refractivity contribution in [3.8, 4) is 0 Å². The molecule has 2 rings (SSSR count). The second-order valence-electron chi connectivity index (χ2n) is 3.89. The van der Waals surface area contributed by atoms with Crippen LogP contribution in [0.2, 0.25) is 0 Å². The highest BCUT2D eigenvalue weighted by Gasteiger charge is 2.13. The molecule has 0 radical (unpaired) electrons. The van der Waals surface area contributed by atoms with Crippen molar-refractivity contribution in [3.05, 3.63) is 29.8 Å². The highest BCUT2D eigenvalue weighted by atomic mass is 16.1. The van der Waals surface area contributed by atoms with Crippen LogP contribution < -0.4 is 4.90 Å². The molecule has 0 bridgehead atoms. The van der Waals surface area contributed by atoms with Gasteiger partial charge in [-0.1, -0.05) is 6.92 Å². The molecule has 0 aliphatic rings. The second kappa shape index (κ2) is 3.96. The molecular formula is C12H15N3O. The van der Waals surface area contributed by atoms with Gasteiger partial charge in [0.2, 0.25) is 0 Å². The van der Waals surface area contributed by atoms with Crippen molar-refractivity contribution in [2.45, 2.75) is 13.3 Å². The van der Waals surface area contributed by atoms with E-state index < -0.39 is 0 Å². The average Bonchev–Trinajstić information content (AvgIpc) is 2.66. The summed E-state index contributed by atoms with van der Waals surface area (Å²) in [6, 6.07) is 3.96. The predicted molar refractivity (Wildman–Crippen MR) is 64.3 cm³/mol. The van der Waals surface area contributed by atoms with Crippen LogP contribution in [0.3, 0.4) is 0 Å². The van der Waals surface area contributed by atoms with Crippen LogP contribution in [-0.4, -0.2) is 29.8 Å². The Hall–Kier alpha value is -1.84. The van der Waals surface area contributed by atoms with E-state index in [2.05, 4.69) is 4.98 Å². The number of nitrogens with zero attached hydrogens (tertiary/aromatic N) is 3. The molecular weight excluding hydrogens is 202 g/mol. The molecule has 4 heteroatoms. The number of aryl methyl sites for hydroxylation is 1. The molecule has 0 aliphatic heterocycles. The number of pyridine rings is 1. The molecule has 2 heterocycles. The first kappa shape index (κ1) is 10.7. The third-order valence-corrected chi connectivity index (χ3v) is 2.65. The minimum atomic E-state index is 0.515. The van der Waals surface area contributed by atoms with Crippen LogP contribution in [-0.2, 0) is 6.42 Å². The summed E-state index contributed by atoms with van der Waals surface area (Å²) >= 11 is 0. The van der Waals surface area contributed by atoms with E-state index in [4.69, 9.17) is 0 Å². The zero-order valence-electron chi connectivity index (χ0n) is 9.77. The molecule has 16 heavy (non-hydrogen) atoms. The van der Waals surface area contributed by atoms with Gasteiger partial charge in [-0.25, -0.2) is 4.98 Å². The van der Waals surface area contributed by atoms with Gasteiger partial charge in [-0.05, 0) is 12.1 Å². The van der Waals surface area contributed by atoms with Crippen molar-refractivity contribution in [3.63, 3.8) is 0 Å². The van der Waals surface area contributed by atoms with Crippen molar-refractivity contribution in [1.29, 1.82) is 0 Å². The fraction of sp³-hybridized carbons (Fsp3) is 0.333. The smallest absolute Gasteiger partial charge is 0.170 e. The summed E-state index contributed by atoms with van der Waals surface area (Å²) in [5.41, 5.74) is 2.41. The molecule has 0 aromatic carbocycles. The van der Waals surface area contributed by atoms with Crippen LogP contribution in [0.1, 0.15) is 23.2 Å². The molecule has 0 N–H and O–H groups in total. The number of carbonyl (C=O) groups is 1. The van der Waals surface area contributed by atoms with Gasteiger partial charge < -0.3 is 9.30 Å². The second-order valence-corrected chi connectivity index (χ2v) is 3.89. The monoisotopic (exact) mass is 217 g/mol. The summed E-state index contributed by atoms with van der Waals surface area (Å²) in [6.07, 6.45) is 3.58. The first-order chi connectivity index (χ1) is 7.69. The van der Waals surface area contributed by atoms with Gasteiger partial charge in [0.1, 0.15) is 11.5 Å². The van der Waals surface area contributed by atoms with Crippen LogP contribution in [0.5, 0.6) is 0 Å². The van der Waals surface area contributed by atoms with Crippen molar-refractivity contribution in [1.82, 2.24) is 9.38 Å². The first-order valence-electron chi connectivity index (χ1n) is 5.31. The Morgan fingerprint density at radius 3 is 2.81 bits per heavy atom. The third kappa shape index (κ3) is 1.46. The molecule has 0 fully saturated rings. The lowest BCUT2D eigenvalue weighted by atomic mass is 10.3. The predicted octanol–water partition coefficient (Wildman–Crippen LogP) is 1.78. The first-order valence-corrected chi connectivity index (χ1v) is 5.31. The third-order valence-electron chi connectivity index (χ3n) is 2.65. The van der Waals surface area contributed by atoms with E-state index in [1.807, 2.05) is 48.6 Å². The van der Waals surface area contributed by atoms with Crippen molar-refractivity contribution >= 4 is 17.5 Å². The topological polar surface area (TPSA) is 37.6 Å². The van der Waals surface area contributed by atoms with Gasteiger partial charge in [-0.15, -0.1) is 0 Å². The fourth-order valence-corrected chi connectivity index (χ4v) is 1.91. The van der Waals surface area contributed by atoms with E-state index in [1.54, 1.807) is 0 Å². The number of anilines is 1. The summed E-state index contributed by atoms with van der Waals surface area (Å²) in [6.45, 7) is 2.03. The molecule has 4 nitrogen and oxygen atoms in total. The largest absolute Gasteiger partial charge is 0.376 e. The SMILES string of the molecule is CCc1nc(C=O)c2c(N(C)C)cccn12. The molecule has 2 aromatic rings. The molecule has 2 aromatic heterocycles. The van der Waals surface area contributed by atoms with Crippen LogP contribution >= 0.6 is 0 Å². The Balaban J connectivity index is 2.84. The zero-order valence-corrected chi connectivity index (χ0v) is 9.77. The number of aldehydes is 1. The van der Waals surface area contributed by atoms with E-state index >= 15 is 0 Å². The Labute approximate surface area is 94.5 Å². The lowest BCUT2D eigenvalue weighted by Crippen LogP contribution is -2.10. The Morgan fingerprint density at radius 1 is 1.50 bits per heavy atom. The van der Waals surface area contributed by atoms with E-state index in [9.17, 15) is 4.79 Å². The van der Waals surface area contributed by atoms with E-state index in [-0.39, 0.29) is 0 Å². The van der Waals surface area contributed by atoms with Crippen molar-refractivity contribution in [2.75, 3.05) is 19.0 Å². The number of hydrogen-bond acceptors (Lipinski definition) is 3. The van der Waals surface area contributed by atoms with E-state index in [1.165, 1.54) is 0 Å². The fourth-order valence-electron chi connectivity index (χ4n) is 1.91. The van der Waals surface area contributed by atoms with Crippen LogP contribution in [0.4, 0.5) is 5.69 Å². The minimum absolute atomic E-state index is 0.515. The summed E-state index contributed by atoms with van der Waals surface area (Å²) in [5, 5.41) is 0. The molecule has 0 spiro atoms. The van der Waals surface area contributed by atoms with Crippen LogP contribution in [0.25, 0.3) is 5.52 Å². The van der Waals surface area contributed by atoms with Crippen LogP contribution in [0.15, 0.2) is 18.3 Å². The van der Waals surface area contributed by atoms with Gasteiger partial charge in [0.15, 0.2) is 6.29 Å². The molecule has 84 valence electrons. The number of imidazole rings is 1. The normalized spacial score (nSPS) is 10.7. The quantitative estimate of drug-likeness (QED) is 0.735. The highest BCUT2D eigenvalue weighted by molar-refractivity contribution is 5.91. The summed E-state index contributed by atoms with van der Waals surface area (Å²) < 4.78 is 1.99. The number of fused-ring (bicyclic) bond motifs is 1. The molecule has 0 aliphatic carbocycles. The van der Waals surface area contributed by atoms with Gasteiger partial charge >= 0.3 is 0 Å². The maximum absolute atomic E-state index is 11.0.